The normalized spacial score (nSPS) is 16.1. The molecule has 2 aliphatic rings. The molecule has 0 radical (unpaired) electrons. The Kier molecular flexibility index (Phi) is 3.59. The fourth-order valence-corrected chi connectivity index (χ4v) is 5.46. The Hall–Kier alpha value is -1.57. The summed E-state index contributed by atoms with van der Waals surface area (Å²) in [6, 6.07) is 5.43. The first-order valence-corrected chi connectivity index (χ1v) is 9.82. The van der Waals surface area contributed by atoms with Crippen LogP contribution in [0.1, 0.15) is 16.7 Å². The first-order valence-electron chi connectivity index (χ1n) is 7.50. The van der Waals surface area contributed by atoms with E-state index < -0.39 is 10.0 Å². The first kappa shape index (κ1) is 15.0. The molecule has 7 heteroatoms. The Morgan fingerprint density at radius 2 is 2.09 bits per heavy atom. The molecule has 122 valence electrons. The fourth-order valence-electron chi connectivity index (χ4n) is 3.12. The number of fused-ring (bicyclic) bond motifs is 2. The lowest BCUT2D eigenvalue weighted by Crippen LogP contribution is -2.26. The van der Waals surface area contributed by atoms with Crippen LogP contribution in [0.2, 0.25) is 0 Å². The van der Waals surface area contributed by atoms with Gasteiger partial charge >= 0.3 is 0 Å². The molecule has 23 heavy (non-hydrogen) atoms. The molecule has 0 atom stereocenters. The predicted molar refractivity (Wildman–Crippen MR) is 87.8 cm³/mol. The lowest BCUT2D eigenvalue weighted by atomic mass is 9.99. The van der Waals surface area contributed by atoms with E-state index in [1.807, 2.05) is 6.07 Å². The molecule has 1 aromatic carbocycles. The van der Waals surface area contributed by atoms with Gasteiger partial charge in [0.2, 0.25) is 0 Å². The number of hydrogen-bond acceptors (Lipinski definition) is 5. The van der Waals surface area contributed by atoms with E-state index in [2.05, 4.69) is 0 Å². The fraction of sp³-hybridized carbons (Fsp3) is 0.375. The van der Waals surface area contributed by atoms with E-state index in [0.29, 0.717) is 24.0 Å². The number of nitrogens with zero attached hydrogens (tertiary/aromatic N) is 1. The molecule has 0 aliphatic carbocycles. The van der Waals surface area contributed by atoms with Crippen LogP contribution < -0.4 is 9.47 Å². The Labute approximate surface area is 139 Å². The summed E-state index contributed by atoms with van der Waals surface area (Å²) < 4.78 is 38.6. The third-order valence-electron chi connectivity index (χ3n) is 4.30. The molecule has 5 nitrogen and oxygen atoms in total. The van der Waals surface area contributed by atoms with Crippen molar-refractivity contribution in [2.24, 2.45) is 0 Å². The zero-order valence-electron chi connectivity index (χ0n) is 12.7. The van der Waals surface area contributed by atoms with Gasteiger partial charge in [0.15, 0.2) is 0 Å². The van der Waals surface area contributed by atoms with Crippen molar-refractivity contribution in [3.63, 3.8) is 0 Å². The molecule has 0 amide bonds. The zero-order valence-corrected chi connectivity index (χ0v) is 14.4. The summed E-state index contributed by atoms with van der Waals surface area (Å²) in [5, 5.41) is 1.77. The van der Waals surface area contributed by atoms with Crippen LogP contribution in [0, 0.1) is 0 Å². The van der Waals surface area contributed by atoms with Gasteiger partial charge in [-0.1, -0.05) is 6.07 Å². The van der Waals surface area contributed by atoms with Crippen LogP contribution in [0.3, 0.4) is 0 Å². The molecule has 0 saturated carbocycles. The van der Waals surface area contributed by atoms with Gasteiger partial charge in [-0.05, 0) is 17.5 Å². The van der Waals surface area contributed by atoms with Crippen molar-refractivity contribution in [2.75, 3.05) is 20.3 Å². The minimum atomic E-state index is -3.47. The Bertz CT molecular complexity index is 811. The minimum Gasteiger partial charge on any atom is -0.493 e. The quantitative estimate of drug-likeness (QED) is 0.849. The highest BCUT2D eigenvalue weighted by Gasteiger charge is 2.30. The van der Waals surface area contributed by atoms with E-state index >= 15 is 0 Å². The van der Waals surface area contributed by atoms with Gasteiger partial charge in [-0.15, -0.1) is 11.3 Å². The predicted octanol–water partition coefficient (Wildman–Crippen LogP) is 2.44. The highest BCUT2D eigenvalue weighted by molar-refractivity contribution is 7.91. The molecule has 4 rings (SSSR count). The van der Waals surface area contributed by atoms with E-state index in [4.69, 9.17) is 9.47 Å². The smallest absolute Gasteiger partial charge is 0.252 e. The van der Waals surface area contributed by atoms with Gasteiger partial charge in [0, 0.05) is 43.1 Å². The van der Waals surface area contributed by atoms with Crippen molar-refractivity contribution in [2.45, 2.75) is 23.6 Å². The van der Waals surface area contributed by atoms with Gasteiger partial charge in [-0.25, -0.2) is 8.42 Å². The molecule has 0 bridgehead atoms. The van der Waals surface area contributed by atoms with E-state index in [1.54, 1.807) is 24.6 Å². The molecule has 1 aromatic heterocycles. The monoisotopic (exact) mass is 351 g/mol. The molecule has 0 saturated heterocycles. The molecule has 0 unspecified atom stereocenters. The van der Waals surface area contributed by atoms with Crippen LogP contribution in [0.5, 0.6) is 11.5 Å². The second-order valence-electron chi connectivity index (χ2n) is 5.71. The summed E-state index contributed by atoms with van der Waals surface area (Å²) in [5.41, 5.74) is 3.15. The van der Waals surface area contributed by atoms with Crippen LogP contribution in [0.25, 0.3) is 0 Å². The van der Waals surface area contributed by atoms with Crippen molar-refractivity contribution < 1.29 is 17.9 Å². The first-order chi connectivity index (χ1) is 11.1. The van der Waals surface area contributed by atoms with Crippen molar-refractivity contribution in [1.82, 2.24) is 4.31 Å². The number of rotatable bonds is 4. The van der Waals surface area contributed by atoms with Crippen LogP contribution in [0.15, 0.2) is 27.8 Å². The maximum atomic E-state index is 12.7. The summed E-state index contributed by atoms with van der Waals surface area (Å²) in [4.78, 5) is 0. The molecule has 0 spiro atoms. The van der Waals surface area contributed by atoms with Gasteiger partial charge in [-0.2, -0.15) is 4.31 Å². The minimum absolute atomic E-state index is 0.301. The largest absolute Gasteiger partial charge is 0.493 e. The van der Waals surface area contributed by atoms with Crippen LogP contribution in [-0.2, 0) is 29.4 Å². The molecule has 3 heterocycles. The summed E-state index contributed by atoms with van der Waals surface area (Å²) >= 11 is 1.23. The maximum absolute atomic E-state index is 12.7. The van der Waals surface area contributed by atoms with Gasteiger partial charge in [0.25, 0.3) is 10.0 Å². The average molecular weight is 351 g/mol. The van der Waals surface area contributed by atoms with E-state index in [0.717, 1.165) is 41.0 Å². The number of benzene rings is 1. The van der Waals surface area contributed by atoms with E-state index in [9.17, 15) is 8.42 Å². The second kappa shape index (κ2) is 5.51. The average Bonchev–Trinajstić information content (AvgIpc) is 3.27. The van der Waals surface area contributed by atoms with Crippen molar-refractivity contribution in [1.29, 1.82) is 0 Å². The maximum Gasteiger partial charge on any atom is 0.252 e. The van der Waals surface area contributed by atoms with Crippen LogP contribution in [-0.4, -0.2) is 33.0 Å². The third kappa shape index (κ3) is 2.43. The highest BCUT2D eigenvalue weighted by Crippen LogP contribution is 2.41. The van der Waals surface area contributed by atoms with E-state index in [-0.39, 0.29) is 0 Å². The number of ether oxygens (including phenoxy) is 2. The van der Waals surface area contributed by atoms with Crippen LogP contribution >= 0.6 is 11.3 Å². The van der Waals surface area contributed by atoms with Crippen molar-refractivity contribution in [3.8, 4) is 11.5 Å². The van der Waals surface area contributed by atoms with E-state index in [1.165, 1.54) is 15.6 Å². The molecule has 0 N–H and O–H groups in total. The summed E-state index contributed by atoms with van der Waals surface area (Å²) in [7, 11) is -1.86. The SMILES string of the molecule is CN(Cc1c2c(cc3c1OCC3)OCC2)S(=O)(=O)c1cccs1. The summed E-state index contributed by atoms with van der Waals surface area (Å²) in [6.07, 6.45) is 1.65. The van der Waals surface area contributed by atoms with Gasteiger partial charge in [0.1, 0.15) is 15.7 Å². The summed E-state index contributed by atoms with van der Waals surface area (Å²) in [5.74, 6) is 1.73. The molecule has 2 aromatic rings. The van der Waals surface area contributed by atoms with Crippen molar-refractivity contribution in [3.05, 3.63) is 40.3 Å². The number of thiophene rings is 1. The highest BCUT2D eigenvalue weighted by atomic mass is 32.2. The lowest BCUT2D eigenvalue weighted by Gasteiger charge is -2.19. The Morgan fingerprint density at radius 1 is 1.26 bits per heavy atom. The molecule has 2 aliphatic heterocycles. The number of hydrogen-bond donors (Lipinski definition) is 0. The van der Waals surface area contributed by atoms with Crippen molar-refractivity contribution >= 4 is 21.4 Å². The molecule has 0 fully saturated rings. The van der Waals surface area contributed by atoms with Gasteiger partial charge in [-0.3, -0.25) is 0 Å². The number of sulfonamides is 1. The second-order valence-corrected chi connectivity index (χ2v) is 8.93. The standard InChI is InChI=1S/C16H17NO4S2/c1-17(23(18,19)15-3-2-8-22-15)10-13-12-5-7-20-14(12)9-11-4-6-21-16(11)13/h2-3,8-9H,4-7,10H2,1H3. The Balaban J connectivity index is 1.72. The molecular weight excluding hydrogens is 334 g/mol. The topological polar surface area (TPSA) is 55.8 Å². The van der Waals surface area contributed by atoms with Crippen LogP contribution in [0.4, 0.5) is 0 Å². The zero-order chi connectivity index (χ0) is 16.0. The Morgan fingerprint density at radius 3 is 2.87 bits per heavy atom. The molecular formula is C16H17NO4S2. The van der Waals surface area contributed by atoms with Gasteiger partial charge < -0.3 is 9.47 Å². The third-order valence-corrected chi connectivity index (χ3v) is 7.48. The lowest BCUT2D eigenvalue weighted by molar-refractivity contribution is 0.348. The van der Waals surface area contributed by atoms with Gasteiger partial charge in [0.05, 0.1) is 13.2 Å². The summed E-state index contributed by atoms with van der Waals surface area (Å²) in [6.45, 7) is 1.59.